The molecule has 70 valence electrons. The summed E-state index contributed by atoms with van der Waals surface area (Å²) in [6.07, 6.45) is 8.78. The van der Waals surface area contributed by atoms with Crippen molar-refractivity contribution in [1.82, 2.24) is 5.32 Å². The van der Waals surface area contributed by atoms with Crippen molar-refractivity contribution in [3.05, 3.63) is 23.9 Å². The van der Waals surface area contributed by atoms with Crippen molar-refractivity contribution in [2.24, 2.45) is 0 Å². The minimum absolute atomic E-state index is 0.569. The van der Waals surface area contributed by atoms with E-state index in [4.69, 9.17) is 0 Å². The molecule has 0 aromatic rings. The highest BCUT2D eigenvalue weighted by atomic mass is 14.9. The third-order valence-electron chi connectivity index (χ3n) is 1.83. The third kappa shape index (κ3) is 3.61. The molecule has 0 aromatic heterocycles. The van der Waals surface area contributed by atoms with Gasteiger partial charge in [-0.2, -0.15) is 0 Å². The molecule has 1 heterocycles. The van der Waals surface area contributed by atoms with Gasteiger partial charge in [0.1, 0.15) is 0 Å². The highest BCUT2D eigenvalue weighted by Crippen LogP contribution is 2.07. The van der Waals surface area contributed by atoms with E-state index in [1.165, 1.54) is 12.1 Å². The molecule has 0 radical (unpaired) electrons. The van der Waals surface area contributed by atoms with Gasteiger partial charge in [0.15, 0.2) is 0 Å². The topological polar surface area (TPSA) is 12.0 Å². The molecule has 0 amide bonds. The fraction of sp³-hybridized carbons (Fsp3) is 0.636. The fourth-order valence-corrected chi connectivity index (χ4v) is 1.10. The Hall–Kier alpha value is -0.720. The molecule has 1 unspecified atom stereocenters. The van der Waals surface area contributed by atoms with Gasteiger partial charge in [-0.1, -0.05) is 39.8 Å². The van der Waals surface area contributed by atoms with Gasteiger partial charge in [0, 0.05) is 11.7 Å². The second kappa shape index (κ2) is 6.96. The van der Waals surface area contributed by atoms with E-state index in [9.17, 15) is 0 Å². The minimum Gasteiger partial charge on any atom is -0.382 e. The smallest absolute Gasteiger partial charge is 0.0441 e. The first-order valence-electron chi connectivity index (χ1n) is 5.00. The minimum atomic E-state index is 0.569. The lowest BCUT2D eigenvalue weighted by Crippen LogP contribution is -2.27. The van der Waals surface area contributed by atoms with Crippen LogP contribution in [0.25, 0.3) is 0 Å². The number of hydrogen-bond donors (Lipinski definition) is 1. The molecule has 0 aromatic carbocycles. The summed E-state index contributed by atoms with van der Waals surface area (Å²) in [7, 11) is 0. The summed E-state index contributed by atoms with van der Waals surface area (Å²) in [5, 5.41) is 3.43. The first-order valence-corrected chi connectivity index (χ1v) is 5.00. The molecule has 0 saturated carbocycles. The molecule has 1 nitrogen and oxygen atoms in total. The van der Waals surface area contributed by atoms with Gasteiger partial charge in [-0.3, -0.25) is 0 Å². The summed E-state index contributed by atoms with van der Waals surface area (Å²) in [4.78, 5) is 0. The maximum atomic E-state index is 3.43. The standard InChI is InChI=1S/C9H15N.C2H6/c1-3-8-6-5-7-9(4-2)10-8;1-2/h5-8,10H,3-4H2,1-2H3;1-2H3. The zero-order valence-electron chi connectivity index (χ0n) is 8.72. The highest BCUT2D eigenvalue weighted by Gasteiger charge is 2.04. The summed E-state index contributed by atoms with van der Waals surface area (Å²) in [5.74, 6) is 0. The van der Waals surface area contributed by atoms with E-state index in [0.717, 1.165) is 6.42 Å². The van der Waals surface area contributed by atoms with Crippen molar-refractivity contribution in [2.45, 2.75) is 46.6 Å². The Morgan fingerprint density at radius 3 is 2.50 bits per heavy atom. The predicted octanol–water partition coefficient (Wildman–Crippen LogP) is 3.24. The number of dihydropyridines is 1. The SMILES string of the molecule is CC.CCC1=CC=CC(CC)N1. The Bertz CT molecular complexity index is 156. The summed E-state index contributed by atoms with van der Waals surface area (Å²) in [6.45, 7) is 8.37. The molecule has 0 spiro atoms. The largest absolute Gasteiger partial charge is 0.382 e. The van der Waals surface area contributed by atoms with Crippen molar-refractivity contribution in [3.8, 4) is 0 Å². The number of hydrogen-bond acceptors (Lipinski definition) is 1. The van der Waals surface area contributed by atoms with Crippen molar-refractivity contribution in [3.63, 3.8) is 0 Å². The first-order chi connectivity index (χ1) is 5.86. The van der Waals surface area contributed by atoms with Gasteiger partial charge in [-0.05, 0) is 18.9 Å². The third-order valence-corrected chi connectivity index (χ3v) is 1.83. The highest BCUT2D eigenvalue weighted by molar-refractivity contribution is 5.19. The van der Waals surface area contributed by atoms with E-state index in [2.05, 4.69) is 37.4 Å². The fourth-order valence-electron chi connectivity index (χ4n) is 1.10. The predicted molar refractivity (Wildman–Crippen MR) is 56.1 cm³/mol. The lowest BCUT2D eigenvalue weighted by atomic mass is 10.1. The van der Waals surface area contributed by atoms with Crippen molar-refractivity contribution < 1.29 is 0 Å². The molecule has 1 aliphatic rings. The van der Waals surface area contributed by atoms with E-state index in [0.29, 0.717) is 6.04 Å². The zero-order chi connectivity index (χ0) is 9.40. The number of allylic oxidation sites excluding steroid dienone is 3. The number of rotatable bonds is 2. The lowest BCUT2D eigenvalue weighted by Gasteiger charge is -2.19. The van der Waals surface area contributed by atoms with Crippen LogP contribution in [0.3, 0.4) is 0 Å². The van der Waals surface area contributed by atoms with Crippen molar-refractivity contribution >= 4 is 0 Å². The molecule has 0 bridgehead atoms. The Kier molecular flexibility index (Phi) is 6.54. The van der Waals surface area contributed by atoms with E-state index >= 15 is 0 Å². The zero-order valence-corrected chi connectivity index (χ0v) is 8.72. The Morgan fingerprint density at radius 2 is 2.00 bits per heavy atom. The maximum absolute atomic E-state index is 3.43. The molecular formula is C11H21N. The van der Waals surface area contributed by atoms with Gasteiger partial charge < -0.3 is 5.32 Å². The normalized spacial score (nSPS) is 20.3. The molecular weight excluding hydrogens is 146 g/mol. The van der Waals surface area contributed by atoms with Crippen LogP contribution in [0.15, 0.2) is 23.9 Å². The van der Waals surface area contributed by atoms with E-state index < -0.39 is 0 Å². The van der Waals surface area contributed by atoms with E-state index in [-0.39, 0.29) is 0 Å². The van der Waals surface area contributed by atoms with Gasteiger partial charge in [0.2, 0.25) is 0 Å². The molecule has 0 saturated heterocycles. The molecule has 1 rings (SSSR count). The maximum Gasteiger partial charge on any atom is 0.0441 e. The molecule has 12 heavy (non-hydrogen) atoms. The number of nitrogens with one attached hydrogen (secondary N) is 1. The van der Waals surface area contributed by atoms with Crippen LogP contribution < -0.4 is 5.32 Å². The van der Waals surface area contributed by atoms with Gasteiger partial charge in [0.05, 0.1) is 0 Å². The van der Waals surface area contributed by atoms with Crippen LogP contribution in [0.5, 0.6) is 0 Å². The van der Waals surface area contributed by atoms with Crippen LogP contribution >= 0.6 is 0 Å². The molecule has 1 heteroatoms. The van der Waals surface area contributed by atoms with Crippen LogP contribution in [0.2, 0.25) is 0 Å². The van der Waals surface area contributed by atoms with Crippen LogP contribution in [-0.4, -0.2) is 6.04 Å². The van der Waals surface area contributed by atoms with Crippen LogP contribution in [0.4, 0.5) is 0 Å². The molecule has 0 fully saturated rings. The average Bonchev–Trinajstić information content (AvgIpc) is 2.21. The molecule has 1 aliphatic heterocycles. The summed E-state index contributed by atoms with van der Waals surface area (Å²) in [6, 6.07) is 0.569. The van der Waals surface area contributed by atoms with Crippen LogP contribution in [-0.2, 0) is 0 Å². The Morgan fingerprint density at radius 1 is 1.33 bits per heavy atom. The van der Waals surface area contributed by atoms with Gasteiger partial charge >= 0.3 is 0 Å². The van der Waals surface area contributed by atoms with E-state index in [1.54, 1.807) is 0 Å². The molecule has 0 aliphatic carbocycles. The molecule has 1 atom stereocenters. The van der Waals surface area contributed by atoms with Gasteiger partial charge in [-0.15, -0.1) is 0 Å². The van der Waals surface area contributed by atoms with Gasteiger partial charge in [-0.25, -0.2) is 0 Å². The second-order valence-corrected chi connectivity index (χ2v) is 2.59. The summed E-state index contributed by atoms with van der Waals surface area (Å²) >= 11 is 0. The second-order valence-electron chi connectivity index (χ2n) is 2.59. The first kappa shape index (κ1) is 11.3. The summed E-state index contributed by atoms with van der Waals surface area (Å²) in [5.41, 5.74) is 1.36. The Balaban J connectivity index is 0.000000561. The Labute approximate surface area is 76.6 Å². The van der Waals surface area contributed by atoms with Crippen LogP contribution in [0.1, 0.15) is 40.5 Å². The van der Waals surface area contributed by atoms with Crippen LogP contribution in [0, 0.1) is 0 Å². The van der Waals surface area contributed by atoms with Crippen molar-refractivity contribution in [1.29, 1.82) is 0 Å². The van der Waals surface area contributed by atoms with E-state index in [1.807, 2.05) is 13.8 Å². The quantitative estimate of drug-likeness (QED) is 0.665. The lowest BCUT2D eigenvalue weighted by molar-refractivity contribution is 0.626. The summed E-state index contributed by atoms with van der Waals surface area (Å²) < 4.78 is 0. The monoisotopic (exact) mass is 167 g/mol. The van der Waals surface area contributed by atoms with Gasteiger partial charge in [0.25, 0.3) is 0 Å². The average molecular weight is 167 g/mol. The van der Waals surface area contributed by atoms with Crippen molar-refractivity contribution in [2.75, 3.05) is 0 Å². The molecule has 1 N–H and O–H groups in total.